The van der Waals surface area contributed by atoms with Gasteiger partial charge in [0.2, 0.25) is 5.91 Å². The zero-order valence-electron chi connectivity index (χ0n) is 12.0. The van der Waals surface area contributed by atoms with Crippen molar-refractivity contribution in [3.05, 3.63) is 24.3 Å². The van der Waals surface area contributed by atoms with Gasteiger partial charge in [-0.05, 0) is 25.0 Å². The van der Waals surface area contributed by atoms with Crippen molar-refractivity contribution in [2.24, 2.45) is 11.7 Å². The monoisotopic (exact) mass is 264 g/mol. The molecule has 0 aromatic heterocycles. The first kappa shape index (κ1) is 15.3. The number of rotatable bonds is 8. The number of para-hydroxylation sites is 2. The van der Waals surface area contributed by atoms with Gasteiger partial charge >= 0.3 is 0 Å². The molecule has 0 saturated heterocycles. The van der Waals surface area contributed by atoms with Crippen LogP contribution in [0.25, 0.3) is 0 Å². The van der Waals surface area contributed by atoms with Crippen molar-refractivity contribution in [1.29, 1.82) is 0 Å². The van der Waals surface area contributed by atoms with Gasteiger partial charge in [-0.1, -0.05) is 32.4 Å². The molecule has 1 aromatic carbocycles. The second-order valence-corrected chi connectivity index (χ2v) is 4.88. The van der Waals surface area contributed by atoms with Crippen LogP contribution in [0.1, 0.15) is 33.6 Å². The molecule has 0 heterocycles. The normalized spacial score (nSPS) is 13.6. The highest BCUT2D eigenvalue weighted by atomic mass is 16.5. The number of benzene rings is 1. The molecule has 4 nitrogen and oxygen atoms in total. The van der Waals surface area contributed by atoms with E-state index >= 15 is 0 Å². The first-order valence-corrected chi connectivity index (χ1v) is 6.81. The van der Waals surface area contributed by atoms with Gasteiger partial charge in [0, 0.05) is 6.04 Å². The molecule has 0 saturated carbocycles. The van der Waals surface area contributed by atoms with Gasteiger partial charge in [-0.25, -0.2) is 0 Å². The number of carbonyl (C=O) groups excluding carboxylic acids is 1. The molecule has 4 heteroatoms. The topological polar surface area (TPSA) is 64.3 Å². The number of carbonyl (C=O) groups is 1. The van der Waals surface area contributed by atoms with Gasteiger partial charge in [0.05, 0.1) is 18.7 Å². The molecule has 2 unspecified atom stereocenters. The molecule has 19 heavy (non-hydrogen) atoms. The fourth-order valence-corrected chi connectivity index (χ4v) is 1.71. The van der Waals surface area contributed by atoms with E-state index in [0.29, 0.717) is 18.6 Å². The molecule has 106 valence electrons. The van der Waals surface area contributed by atoms with Crippen molar-refractivity contribution in [1.82, 2.24) is 0 Å². The summed E-state index contributed by atoms with van der Waals surface area (Å²) in [5.41, 5.74) is 6.06. The van der Waals surface area contributed by atoms with E-state index in [1.165, 1.54) is 0 Å². The number of hydrogen-bond donors (Lipinski definition) is 2. The summed E-state index contributed by atoms with van der Waals surface area (Å²) in [6.07, 6.45) is 1.36. The van der Waals surface area contributed by atoms with Crippen LogP contribution >= 0.6 is 0 Å². The number of nitrogens with two attached hydrogens (primary N) is 1. The first-order chi connectivity index (χ1) is 9.04. The highest BCUT2D eigenvalue weighted by Gasteiger charge is 2.12. The Hall–Kier alpha value is -1.71. The zero-order chi connectivity index (χ0) is 14.3. The third-order valence-electron chi connectivity index (χ3n) is 3.37. The van der Waals surface area contributed by atoms with Gasteiger partial charge in [0.1, 0.15) is 5.75 Å². The second kappa shape index (κ2) is 7.67. The lowest BCUT2D eigenvalue weighted by atomic mass is 10.0. The highest BCUT2D eigenvalue weighted by Crippen LogP contribution is 2.26. The minimum Gasteiger partial charge on any atom is -0.491 e. The Balaban J connectivity index is 2.64. The number of anilines is 1. The SMILES string of the molecule is CCC(C)C(C)Nc1ccccc1OCCC(N)=O. The Bertz CT molecular complexity index is 407. The number of hydrogen-bond acceptors (Lipinski definition) is 3. The predicted molar refractivity (Wildman–Crippen MR) is 78.3 cm³/mol. The minimum absolute atomic E-state index is 0.231. The molecule has 0 aliphatic carbocycles. The molecule has 1 aromatic rings. The molecule has 0 bridgehead atoms. The molecule has 1 rings (SSSR count). The van der Waals surface area contributed by atoms with Crippen LogP contribution in [0.3, 0.4) is 0 Å². The Labute approximate surface area is 115 Å². The summed E-state index contributed by atoms with van der Waals surface area (Å²) in [6, 6.07) is 8.13. The van der Waals surface area contributed by atoms with Gasteiger partial charge in [-0.2, -0.15) is 0 Å². The quantitative estimate of drug-likeness (QED) is 0.759. The van der Waals surface area contributed by atoms with Crippen LogP contribution in [0.5, 0.6) is 5.75 Å². The number of nitrogens with one attached hydrogen (secondary N) is 1. The van der Waals surface area contributed by atoms with Crippen LogP contribution in [0.4, 0.5) is 5.69 Å². The summed E-state index contributed by atoms with van der Waals surface area (Å²) in [5, 5.41) is 3.46. The Kier molecular flexibility index (Phi) is 6.19. The van der Waals surface area contributed by atoms with E-state index in [9.17, 15) is 4.79 Å². The summed E-state index contributed by atoms with van der Waals surface area (Å²) >= 11 is 0. The van der Waals surface area contributed by atoms with Crippen molar-refractivity contribution in [2.45, 2.75) is 39.7 Å². The van der Waals surface area contributed by atoms with E-state index in [2.05, 4.69) is 26.1 Å². The molecule has 0 spiro atoms. The fourth-order valence-electron chi connectivity index (χ4n) is 1.71. The molecular formula is C15H24N2O2. The predicted octanol–water partition coefficient (Wildman–Crippen LogP) is 2.79. The molecule has 0 aliphatic rings. The van der Waals surface area contributed by atoms with E-state index in [1.54, 1.807) is 0 Å². The maximum Gasteiger partial charge on any atom is 0.220 e. The van der Waals surface area contributed by atoms with Gasteiger partial charge in [-0.15, -0.1) is 0 Å². The third kappa shape index (κ3) is 5.20. The molecule has 0 aliphatic heterocycles. The van der Waals surface area contributed by atoms with Crippen molar-refractivity contribution in [3.63, 3.8) is 0 Å². The lowest BCUT2D eigenvalue weighted by molar-refractivity contribution is -0.118. The lowest BCUT2D eigenvalue weighted by Crippen LogP contribution is -2.23. The largest absolute Gasteiger partial charge is 0.491 e. The van der Waals surface area contributed by atoms with Crippen molar-refractivity contribution in [2.75, 3.05) is 11.9 Å². The van der Waals surface area contributed by atoms with Gasteiger partial charge in [0.15, 0.2) is 0 Å². The summed E-state index contributed by atoms with van der Waals surface area (Å²) in [4.78, 5) is 10.7. The molecule has 1 amide bonds. The van der Waals surface area contributed by atoms with E-state index in [4.69, 9.17) is 10.5 Å². The Morgan fingerprint density at radius 1 is 1.37 bits per heavy atom. The average Bonchev–Trinajstić information content (AvgIpc) is 2.39. The molecule has 2 atom stereocenters. The van der Waals surface area contributed by atoms with E-state index < -0.39 is 0 Å². The van der Waals surface area contributed by atoms with Gasteiger partial charge < -0.3 is 15.8 Å². The second-order valence-electron chi connectivity index (χ2n) is 4.88. The van der Waals surface area contributed by atoms with Crippen molar-refractivity contribution in [3.8, 4) is 5.75 Å². The maximum absolute atomic E-state index is 10.7. The molecular weight excluding hydrogens is 240 g/mol. The standard InChI is InChI=1S/C15H24N2O2/c1-4-11(2)12(3)17-13-7-5-6-8-14(13)19-10-9-15(16)18/h5-8,11-12,17H,4,9-10H2,1-3H3,(H2,16,18). The van der Waals surface area contributed by atoms with E-state index in [1.807, 2.05) is 24.3 Å². The van der Waals surface area contributed by atoms with Crippen LogP contribution in [-0.2, 0) is 4.79 Å². The molecule has 3 N–H and O–H groups in total. The number of amides is 1. The number of ether oxygens (including phenoxy) is 1. The number of primary amides is 1. The Morgan fingerprint density at radius 3 is 2.68 bits per heavy atom. The summed E-state index contributed by atoms with van der Waals surface area (Å²) in [6.45, 7) is 6.87. The van der Waals surface area contributed by atoms with E-state index in [0.717, 1.165) is 17.9 Å². The summed E-state index contributed by atoms with van der Waals surface area (Å²) in [5.74, 6) is 0.996. The minimum atomic E-state index is -0.349. The van der Waals surface area contributed by atoms with Gasteiger partial charge in [-0.3, -0.25) is 4.79 Å². The zero-order valence-corrected chi connectivity index (χ0v) is 12.0. The van der Waals surface area contributed by atoms with E-state index in [-0.39, 0.29) is 12.3 Å². The highest BCUT2D eigenvalue weighted by molar-refractivity contribution is 5.73. The summed E-state index contributed by atoms with van der Waals surface area (Å²) in [7, 11) is 0. The van der Waals surface area contributed by atoms with Crippen molar-refractivity contribution < 1.29 is 9.53 Å². The fraction of sp³-hybridized carbons (Fsp3) is 0.533. The lowest BCUT2D eigenvalue weighted by Gasteiger charge is -2.22. The first-order valence-electron chi connectivity index (χ1n) is 6.81. The van der Waals surface area contributed by atoms with Crippen LogP contribution < -0.4 is 15.8 Å². The van der Waals surface area contributed by atoms with Gasteiger partial charge in [0.25, 0.3) is 0 Å². The third-order valence-corrected chi connectivity index (χ3v) is 3.37. The Morgan fingerprint density at radius 2 is 2.05 bits per heavy atom. The van der Waals surface area contributed by atoms with Crippen LogP contribution in [0.2, 0.25) is 0 Å². The molecule has 0 fully saturated rings. The maximum atomic E-state index is 10.7. The molecule has 0 radical (unpaired) electrons. The van der Waals surface area contributed by atoms with Crippen LogP contribution in [0.15, 0.2) is 24.3 Å². The smallest absolute Gasteiger partial charge is 0.220 e. The van der Waals surface area contributed by atoms with Crippen LogP contribution in [0, 0.1) is 5.92 Å². The summed E-state index contributed by atoms with van der Waals surface area (Å²) < 4.78 is 5.60. The van der Waals surface area contributed by atoms with Crippen LogP contribution in [-0.4, -0.2) is 18.6 Å². The van der Waals surface area contributed by atoms with Crippen molar-refractivity contribution >= 4 is 11.6 Å². The average molecular weight is 264 g/mol.